The Morgan fingerprint density at radius 3 is 2.50 bits per heavy atom. The van der Waals surface area contributed by atoms with Gasteiger partial charge in [-0.2, -0.15) is 0 Å². The van der Waals surface area contributed by atoms with Gasteiger partial charge in [0.1, 0.15) is 5.60 Å². The lowest BCUT2D eigenvalue weighted by molar-refractivity contribution is 0.0289. The zero-order chi connectivity index (χ0) is 13.2. The lowest BCUT2D eigenvalue weighted by Crippen LogP contribution is -2.43. The van der Waals surface area contributed by atoms with Crippen LogP contribution in [0.4, 0.5) is 4.39 Å². The first-order chi connectivity index (χ1) is 8.47. The topological polar surface area (TPSA) is 54.4 Å². The molecule has 1 aliphatic rings. The third-order valence-electron chi connectivity index (χ3n) is 3.09. The summed E-state index contributed by atoms with van der Waals surface area (Å²) < 4.78 is 38.4. The Balaban J connectivity index is 2.36. The van der Waals surface area contributed by atoms with E-state index in [1.807, 2.05) is 0 Å². The maximum atomic E-state index is 14.2. The summed E-state index contributed by atoms with van der Waals surface area (Å²) in [6, 6.07) is 7.37. The zero-order valence-electron chi connectivity index (χ0n) is 9.79. The van der Waals surface area contributed by atoms with Gasteiger partial charge in [0.05, 0.1) is 4.90 Å². The zero-order valence-corrected chi connectivity index (χ0v) is 10.6. The van der Waals surface area contributed by atoms with Gasteiger partial charge in [-0.1, -0.05) is 30.4 Å². The van der Waals surface area contributed by atoms with Crippen LogP contribution in [0.1, 0.15) is 19.3 Å². The average molecular weight is 270 g/mol. The largest absolute Gasteiger partial charge is 0.382 e. The van der Waals surface area contributed by atoms with Crippen molar-refractivity contribution in [1.29, 1.82) is 0 Å². The lowest BCUT2D eigenvalue weighted by Gasteiger charge is -2.30. The van der Waals surface area contributed by atoms with Crippen molar-refractivity contribution in [2.24, 2.45) is 0 Å². The number of rotatable bonds is 3. The van der Waals surface area contributed by atoms with Crippen LogP contribution in [-0.4, -0.2) is 24.6 Å². The van der Waals surface area contributed by atoms with Crippen LogP contribution in [0, 0.1) is 0 Å². The molecule has 0 radical (unpaired) electrons. The van der Waals surface area contributed by atoms with Crippen LogP contribution in [0.25, 0.3) is 0 Å². The van der Waals surface area contributed by atoms with Gasteiger partial charge in [-0.15, -0.1) is 0 Å². The van der Waals surface area contributed by atoms with Gasteiger partial charge in [-0.25, -0.2) is 12.8 Å². The Hall–Kier alpha value is -1.20. The molecular formula is C13H15FO3S. The molecule has 3 nitrogen and oxygen atoms in total. The van der Waals surface area contributed by atoms with Crippen molar-refractivity contribution in [1.82, 2.24) is 0 Å². The minimum Gasteiger partial charge on any atom is -0.382 e. The molecule has 0 heterocycles. The van der Waals surface area contributed by atoms with Crippen molar-refractivity contribution in [2.45, 2.75) is 35.3 Å². The lowest BCUT2D eigenvalue weighted by atomic mass is 9.92. The van der Waals surface area contributed by atoms with Crippen LogP contribution in [-0.2, 0) is 9.84 Å². The highest BCUT2D eigenvalue weighted by Crippen LogP contribution is 2.33. The Bertz CT molecular complexity index is 539. The Morgan fingerprint density at radius 2 is 1.94 bits per heavy atom. The van der Waals surface area contributed by atoms with Crippen LogP contribution in [0.5, 0.6) is 0 Å². The first-order valence-electron chi connectivity index (χ1n) is 5.80. The molecule has 2 unspecified atom stereocenters. The summed E-state index contributed by atoms with van der Waals surface area (Å²) in [7, 11) is -4.16. The highest BCUT2D eigenvalue weighted by molar-refractivity contribution is 7.92. The van der Waals surface area contributed by atoms with Crippen molar-refractivity contribution in [3.8, 4) is 0 Å². The number of aliphatic hydroxyl groups is 1. The molecule has 2 rings (SSSR count). The minimum absolute atomic E-state index is 0.107. The van der Waals surface area contributed by atoms with Crippen LogP contribution >= 0.6 is 0 Å². The van der Waals surface area contributed by atoms with E-state index in [1.165, 1.54) is 30.3 Å². The fourth-order valence-electron chi connectivity index (χ4n) is 2.06. The first kappa shape index (κ1) is 13.2. The molecule has 0 aromatic heterocycles. The third kappa shape index (κ3) is 2.33. The minimum atomic E-state index is -4.16. The predicted octanol–water partition coefficient (Wildman–Crippen LogP) is 2.23. The predicted molar refractivity (Wildman–Crippen MR) is 66.5 cm³/mol. The Morgan fingerprint density at radius 1 is 1.28 bits per heavy atom. The molecule has 1 aliphatic carbocycles. The molecular weight excluding hydrogens is 255 g/mol. The second kappa shape index (κ2) is 4.82. The number of hydrogen-bond donors (Lipinski definition) is 1. The van der Waals surface area contributed by atoms with Gasteiger partial charge in [-0.3, -0.25) is 0 Å². The molecule has 0 spiro atoms. The monoisotopic (exact) mass is 270 g/mol. The van der Waals surface area contributed by atoms with Crippen molar-refractivity contribution >= 4 is 9.84 Å². The van der Waals surface area contributed by atoms with E-state index in [0.717, 1.165) is 6.42 Å². The molecule has 1 aromatic carbocycles. The highest BCUT2D eigenvalue weighted by Gasteiger charge is 2.44. The molecule has 0 saturated heterocycles. The van der Waals surface area contributed by atoms with Gasteiger partial charge in [0, 0.05) is 0 Å². The summed E-state index contributed by atoms with van der Waals surface area (Å²) in [5.74, 6) is 0. The molecule has 0 fully saturated rings. The summed E-state index contributed by atoms with van der Waals surface area (Å²) in [4.78, 5) is -0.107. The maximum Gasteiger partial charge on any atom is 0.237 e. The summed E-state index contributed by atoms with van der Waals surface area (Å²) in [6.45, 7) is 0. The fraction of sp³-hybridized carbons (Fsp3) is 0.385. The summed E-state index contributed by atoms with van der Waals surface area (Å²) >= 11 is 0. The fourth-order valence-corrected chi connectivity index (χ4v) is 3.57. The van der Waals surface area contributed by atoms with Crippen LogP contribution in [0.3, 0.4) is 0 Å². The van der Waals surface area contributed by atoms with E-state index in [-0.39, 0.29) is 11.3 Å². The van der Waals surface area contributed by atoms with Crippen molar-refractivity contribution in [3.05, 3.63) is 42.5 Å². The molecule has 0 amide bonds. The van der Waals surface area contributed by atoms with Gasteiger partial charge in [0.25, 0.3) is 0 Å². The van der Waals surface area contributed by atoms with E-state index < -0.39 is 20.9 Å². The summed E-state index contributed by atoms with van der Waals surface area (Å²) in [5, 5.41) is 10.1. The van der Waals surface area contributed by atoms with Crippen molar-refractivity contribution < 1.29 is 17.9 Å². The van der Waals surface area contributed by atoms with E-state index in [9.17, 15) is 17.9 Å². The van der Waals surface area contributed by atoms with E-state index in [2.05, 4.69) is 0 Å². The molecule has 0 aliphatic heterocycles. The standard InChI is InChI=1S/C13H15FO3S/c14-12(13(15)9-5-2-6-10-13)18(16,17)11-7-3-1-4-8-11/h1,3-5,7-9,12,15H,2,6,10H2. The number of allylic oxidation sites excluding steroid dienone is 1. The Labute approximate surface area is 106 Å². The molecule has 18 heavy (non-hydrogen) atoms. The van der Waals surface area contributed by atoms with Crippen LogP contribution in [0.15, 0.2) is 47.4 Å². The average Bonchev–Trinajstić information content (AvgIpc) is 2.40. The van der Waals surface area contributed by atoms with Crippen molar-refractivity contribution in [2.75, 3.05) is 0 Å². The third-order valence-corrected chi connectivity index (χ3v) is 4.97. The van der Waals surface area contributed by atoms with Gasteiger partial charge in [0.15, 0.2) is 0 Å². The second-order valence-electron chi connectivity index (χ2n) is 4.46. The number of benzene rings is 1. The maximum absolute atomic E-state index is 14.2. The van der Waals surface area contributed by atoms with Gasteiger partial charge >= 0.3 is 0 Å². The molecule has 0 saturated carbocycles. The number of alkyl halides is 1. The van der Waals surface area contributed by atoms with Crippen molar-refractivity contribution in [3.63, 3.8) is 0 Å². The summed E-state index contributed by atoms with van der Waals surface area (Å²) in [5.41, 5.74) is -4.24. The number of halogens is 1. The van der Waals surface area contributed by atoms with E-state index >= 15 is 0 Å². The number of sulfone groups is 1. The van der Waals surface area contributed by atoms with Crippen LogP contribution < -0.4 is 0 Å². The van der Waals surface area contributed by atoms with Gasteiger partial charge in [-0.05, 0) is 31.4 Å². The molecule has 0 bridgehead atoms. The number of hydrogen-bond acceptors (Lipinski definition) is 3. The van der Waals surface area contributed by atoms with Gasteiger partial charge in [0.2, 0.25) is 15.3 Å². The second-order valence-corrected chi connectivity index (χ2v) is 6.44. The summed E-state index contributed by atoms with van der Waals surface area (Å²) in [6.07, 6.45) is 4.33. The molecule has 98 valence electrons. The quantitative estimate of drug-likeness (QED) is 0.857. The van der Waals surface area contributed by atoms with E-state index in [1.54, 1.807) is 12.1 Å². The normalized spacial score (nSPS) is 25.9. The highest BCUT2D eigenvalue weighted by atomic mass is 32.2. The molecule has 2 atom stereocenters. The SMILES string of the molecule is O=S(=O)(c1ccccc1)C(F)C1(O)C=CCCC1. The van der Waals surface area contributed by atoms with Crippen LogP contribution in [0.2, 0.25) is 0 Å². The Kier molecular flexibility index (Phi) is 3.54. The molecule has 1 N–H and O–H groups in total. The van der Waals surface area contributed by atoms with E-state index in [0.29, 0.717) is 6.42 Å². The van der Waals surface area contributed by atoms with E-state index in [4.69, 9.17) is 0 Å². The van der Waals surface area contributed by atoms with Gasteiger partial charge < -0.3 is 5.11 Å². The first-order valence-corrected chi connectivity index (χ1v) is 7.34. The smallest absolute Gasteiger partial charge is 0.237 e. The molecule has 5 heteroatoms. The molecule has 1 aromatic rings.